The summed E-state index contributed by atoms with van der Waals surface area (Å²) in [5.41, 5.74) is 2.18. The van der Waals surface area contributed by atoms with E-state index in [1.165, 1.54) is 19.4 Å². The molecule has 2 aromatic heterocycles. The van der Waals surface area contributed by atoms with Gasteiger partial charge in [0, 0.05) is 42.5 Å². The number of benzene rings is 1. The number of halogens is 2. The first kappa shape index (κ1) is 23.8. The van der Waals surface area contributed by atoms with Gasteiger partial charge in [0.15, 0.2) is 17.4 Å². The third kappa shape index (κ3) is 4.07. The number of fused-ring (bicyclic) bond motifs is 2. The Morgan fingerprint density at radius 3 is 2.75 bits per heavy atom. The van der Waals surface area contributed by atoms with E-state index in [4.69, 9.17) is 4.74 Å². The Bertz CT molecular complexity index is 1370. The molecule has 1 amide bonds. The molecule has 3 aromatic rings. The van der Waals surface area contributed by atoms with Gasteiger partial charge in [-0.25, -0.2) is 8.78 Å². The number of nitrogens with zero attached hydrogens (tertiary/aromatic N) is 2. The first-order valence-electron chi connectivity index (χ1n) is 11.8. The Balaban J connectivity index is 1.65. The van der Waals surface area contributed by atoms with Crippen molar-refractivity contribution in [1.82, 2.24) is 20.2 Å². The summed E-state index contributed by atoms with van der Waals surface area (Å²) in [5.74, 6) is 4.70. The Labute approximate surface area is 208 Å². The average molecular weight is 492 g/mol. The number of pyridine rings is 1. The molecule has 9 heteroatoms. The number of aromatic amines is 1. The molecule has 1 fully saturated rings. The molecule has 5 rings (SSSR count). The summed E-state index contributed by atoms with van der Waals surface area (Å²) >= 11 is 0. The molecule has 186 valence electrons. The second kappa shape index (κ2) is 9.63. The van der Waals surface area contributed by atoms with Crippen LogP contribution in [0.25, 0.3) is 11.3 Å². The molecule has 0 radical (unpaired) electrons. The highest BCUT2D eigenvalue weighted by molar-refractivity contribution is 6.07. The summed E-state index contributed by atoms with van der Waals surface area (Å²) in [6, 6.07) is 6.04. The molecule has 4 heterocycles. The lowest BCUT2D eigenvalue weighted by Crippen LogP contribution is -2.52. The largest absolute Gasteiger partial charge is 0.492 e. The zero-order chi connectivity index (χ0) is 25.3. The van der Waals surface area contributed by atoms with Crippen LogP contribution < -0.4 is 15.4 Å². The third-order valence-corrected chi connectivity index (χ3v) is 7.11. The normalized spacial score (nSPS) is 16.6. The minimum absolute atomic E-state index is 0.00451. The molecular formula is C27H27F2N5O2. The molecule has 0 saturated carbocycles. The maximum Gasteiger partial charge on any atom is 0.255 e. The molecule has 7 nitrogen and oxygen atoms in total. The van der Waals surface area contributed by atoms with Crippen LogP contribution in [0.15, 0.2) is 36.7 Å². The number of H-pyrrole nitrogens is 1. The van der Waals surface area contributed by atoms with Crippen molar-refractivity contribution in [2.24, 2.45) is 0 Å². The number of likely N-dealkylation sites (tertiary alicyclic amines) is 1. The summed E-state index contributed by atoms with van der Waals surface area (Å²) < 4.78 is 34.7. The molecular weight excluding hydrogens is 464 g/mol. The molecule has 0 bridgehead atoms. The Morgan fingerprint density at radius 2 is 2.03 bits per heavy atom. The van der Waals surface area contributed by atoms with Gasteiger partial charge in [-0.05, 0) is 38.0 Å². The fraction of sp³-hybridized carbons (Fsp3) is 0.333. The molecule has 1 aromatic carbocycles. The van der Waals surface area contributed by atoms with Crippen molar-refractivity contribution in [3.05, 3.63) is 59.6 Å². The van der Waals surface area contributed by atoms with Crippen molar-refractivity contribution in [3.8, 4) is 28.8 Å². The summed E-state index contributed by atoms with van der Waals surface area (Å²) in [6.07, 6.45) is 4.22. The molecule has 2 aliphatic heterocycles. The second-order valence-electron chi connectivity index (χ2n) is 9.09. The zero-order valence-electron chi connectivity index (χ0n) is 20.2. The Hall–Kier alpha value is -3.90. The van der Waals surface area contributed by atoms with E-state index in [0.29, 0.717) is 35.7 Å². The maximum atomic E-state index is 15.0. The zero-order valence-corrected chi connectivity index (χ0v) is 20.2. The standard InChI is InChI=1S/C27H27F2N5O2/c1-3-4-12-34-13-9-27(10-14-34)16-31-26(35)21-23(32-20-7-5-6-18(28)24(20)36-2)22(33-25(21)27)17-8-11-30-15-19(17)29/h5-8,11,15,32-33H,9-10,12-14,16H2,1-2H3,(H,31,35). The van der Waals surface area contributed by atoms with Crippen molar-refractivity contribution < 1.29 is 18.3 Å². The van der Waals surface area contributed by atoms with Gasteiger partial charge in [0.1, 0.15) is 0 Å². The number of nitrogens with one attached hydrogen (secondary N) is 3. The lowest BCUT2D eigenvalue weighted by atomic mass is 9.72. The van der Waals surface area contributed by atoms with Crippen LogP contribution in [0, 0.1) is 23.5 Å². The number of para-hydroxylation sites is 1. The Morgan fingerprint density at radius 1 is 1.22 bits per heavy atom. The maximum absolute atomic E-state index is 15.0. The number of carbonyl (C=O) groups excluding carboxylic acids is 1. The summed E-state index contributed by atoms with van der Waals surface area (Å²) in [5, 5.41) is 6.23. The number of amides is 1. The summed E-state index contributed by atoms with van der Waals surface area (Å²) in [7, 11) is 1.37. The third-order valence-electron chi connectivity index (χ3n) is 7.11. The van der Waals surface area contributed by atoms with Gasteiger partial charge in [0.25, 0.3) is 5.91 Å². The van der Waals surface area contributed by atoms with Crippen LogP contribution in [0.5, 0.6) is 5.75 Å². The minimum Gasteiger partial charge on any atom is -0.492 e. The van der Waals surface area contributed by atoms with Gasteiger partial charge >= 0.3 is 0 Å². The number of rotatable bonds is 5. The average Bonchev–Trinajstić information content (AvgIpc) is 3.27. The molecule has 0 unspecified atom stereocenters. The van der Waals surface area contributed by atoms with Crippen LogP contribution >= 0.6 is 0 Å². The topological polar surface area (TPSA) is 82.3 Å². The van der Waals surface area contributed by atoms with Gasteiger partial charge < -0.3 is 20.4 Å². The van der Waals surface area contributed by atoms with E-state index in [1.807, 2.05) is 6.92 Å². The van der Waals surface area contributed by atoms with E-state index in [2.05, 4.69) is 37.3 Å². The molecule has 0 aliphatic carbocycles. The molecule has 36 heavy (non-hydrogen) atoms. The fourth-order valence-electron chi connectivity index (χ4n) is 5.16. The monoisotopic (exact) mass is 491 g/mol. The van der Waals surface area contributed by atoms with E-state index in [0.717, 1.165) is 37.8 Å². The second-order valence-corrected chi connectivity index (χ2v) is 9.09. The highest BCUT2D eigenvalue weighted by atomic mass is 19.1. The van der Waals surface area contributed by atoms with Crippen LogP contribution in [-0.2, 0) is 5.41 Å². The lowest BCUT2D eigenvalue weighted by molar-refractivity contribution is 0.0890. The van der Waals surface area contributed by atoms with Crippen molar-refractivity contribution >= 4 is 17.3 Å². The highest BCUT2D eigenvalue weighted by Gasteiger charge is 2.45. The number of anilines is 2. The fourth-order valence-corrected chi connectivity index (χ4v) is 5.16. The van der Waals surface area contributed by atoms with Gasteiger partial charge in [-0.1, -0.05) is 12.0 Å². The summed E-state index contributed by atoms with van der Waals surface area (Å²) in [6.45, 7) is 4.66. The van der Waals surface area contributed by atoms with Gasteiger partial charge in [0.2, 0.25) is 0 Å². The van der Waals surface area contributed by atoms with Crippen LogP contribution in [0.3, 0.4) is 0 Å². The van der Waals surface area contributed by atoms with E-state index in [1.54, 1.807) is 18.2 Å². The van der Waals surface area contributed by atoms with Crippen molar-refractivity contribution in [2.45, 2.75) is 25.2 Å². The van der Waals surface area contributed by atoms with Crippen LogP contribution in [0.2, 0.25) is 0 Å². The predicted octanol–water partition coefficient (Wildman–Crippen LogP) is 4.21. The number of hydrogen-bond donors (Lipinski definition) is 3. The molecule has 1 spiro atoms. The number of ether oxygens (including phenoxy) is 1. The Kier molecular flexibility index (Phi) is 6.37. The van der Waals surface area contributed by atoms with Crippen molar-refractivity contribution in [1.29, 1.82) is 0 Å². The molecule has 3 N–H and O–H groups in total. The smallest absolute Gasteiger partial charge is 0.255 e. The van der Waals surface area contributed by atoms with Crippen LogP contribution in [0.1, 0.15) is 35.8 Å². The van der Waals surface area contributed by atoms with Crippen LogP contribution in [0.4, 0.5) is 20.2 Å². The highest BCUT2D eigenvalue weighted by Crippen LogP contribution is 2.46. The molecule has 2 aliphatic rings. The number of aromatic nitrogens is 2. The molecule has 0 atom stereocenters. The van der Waals surface area contributed by atoms with Gasteiger partial charge in [0.05, 0.1) is 42.5 Å². The lowest BCUT2D eigenvalue weighted by Gasteiger charge is -2.43. The van der Waals surface area contributed by atoms with E-state index in [-0.39, 0.29) is 22.6 Å². The number of carbonyl (C=O) groups is 1. The van der Waals surface area contributed by atoms with E-state index in [9.17, 15) is 13.6 Å². The van der Waals surface area contributed by atoms with Crippen molar-refractivity contribution in [3.63, 3.8) is 0 Å². The quantitative estimate of drug-likeness (QED) is 0.466. The number of hydrogen-bond acceptors (Lipinski definition) is 5. The van der Waals surface area contributed by atoms with Crippen molar-refractivity contribution in [2.75, 3.05) is 38.6 Å². The predicted molar refractivity (Wildman–Crippen MR) is 133 cm³/mol. The molecule has 1 saturated heterocycles. The van der Waals surface area contributed by atoms with Gasteiger partial charge in [-0.15, -0.1) is 5.92 Å². The first-order chi connectivity index (χ1) is 17.5. The van der Waals surface area contributed by atoms with E-state index >= 15 is 0 Å². The number of methoxy groups -OCH3 is 1. The van der Waals surface area contributed by atoms with Gasteiger partial charge in [-0.3, -0.25) is 14.7 Å². The van der Waals surface area contributed by atoms with Crippen LogP contribution in [-0.4, -0.2) is 54.1 Å². The van der Waals surface area contributed by atoms with Gasteiger partial charge in [-0.2, -0.15) is 0 Å². The summed E-state index contributed by atoms with van der Waals surface area (Å²) in [4.78, 5) is 22.8. The van der Waals surface area contributed by atoms with E-state index < -0.39 is 11.6 Å². The minimum atomic E-state index is -0.549. The first-order valence-corrected chi connectivity index (χ1v) is 11.8. The number of piperidine rings is 1. The SMILES string of the molecule is CC#CCN1CCC2(CC1)CNC(=O)c1c2[nH]c(-c2ccncc2F)c1Nc1cccc(F)c1OC.